The first-order valence-electron chi connectivity index (χ1n) is 7.46. The van der Waals surface area contributed by atoms with Crippen LogP contribution in [0, 0.1) is 0 Å². The highest BCUT2D eigenvalue weighted by atomic mass is 32.2. The summed E-state index contributed by atoms with van der Waals surface area (Å²) in [7, 11) is -1.68. The van der Waals surface area contributed by atoms with E-state index in [2.05, 4.69) is 4.72 Å². The predicted molar refractivity (Wildman–Crippen MR) is 89.6 cm³/mol. The van der Waals surface area contributed by atoms with Crippen LogP contribution in [0.15, 0.2) is 30.3 Å². The number of nitrogens with zero attached hydrogens (tertiary/aromatic N) is 1. The normalized spacial score (nSPS) is 19.0. The van der Waals surface area contributed by atoms with Crippen molar-refractivity contribution in [2.45, 2.75) is 18.9 Å². The Morgan fingerprint density at radius 1 is 1.39 bits per heavy atom. The summed E-state index contributed by atoms with van der Waals surface area (Å²) in [5.41, 5.74) is 0.825. The van der Waals surface area contributed by atoms with Crippen LogP contribution in [0.25, 0.3) is 6.08 Å². The van der Waals surface area contributed by atoms with Crippen LogP contribution >= 0.6 is 0 Å². The van der Waals surface area contributed by atoms with E-state index in [1.807, 2.05) is 24.3 Å². The number of para-hydroxylation sites is 1. The minimum atomic E-state index is -3.26. The first-order chi connectivity index (χ1) is 10.9. The van der Waals surface area contributed by atoms with Crippen LogP contribution in [0.5, 0.6) is 5.75 Å². The van der Waals surface area contributed by atoms with Gasteiger partial charge in [0.2, 0.25) is 15.9 Å². The van der Waals surface area contributed by atoms with Gasteiger partial charge < -0.3 is 9.64 Å². The number of benzene rings is 1. The lowest BCUT2D eigenvalue weighted by atomic mass is 10.1. The van der Waals surface area contributed by atoms with Crippen LogP contribution in [-0.4, -0.2) is 51.7 Å². The van der Waals surface area contributed by atoms with Crippen LogP contribution < -0.4 is 9.46 Å². The molecule has 0 radical (unpaired) electrons. The van der Waals surface area contributed by atoms with E-state index in [4.69, 9.17) is 4.74 Å². The second kappa shape index (κ2) is 7.61. The highest BCUT2D eigenvalue weighted by molar-refractivity contribution is 7.88. The van der Waals surface area contributed by atoms with Gasteiger partial charge in [-0.3, -0.25) is 4.79 Å². The summed E-state index contributed by atoms with van der Waals surface area (Å²) in [6.45, 7) is 1.03. The van der Waals surface area contributed by atoms with Gasteiger partial charge in [-0.15, -0.1) is 0 Å². The van der Waals surface area contributed by atoms with E-state index in [0.717, 1.165) is 24.7 Å². The third kappa shape index (κ3) is 5.37. The van der Waals surface area contributed by atoms with Gasteiger partial charge in [0.25, 0.3) is 0 Å². The molecule has 1 saturated heterocycles. The van der Waals surface area contributed by atoms with Crippen molar-refractivity contribution in [2.24, 2.45) is 0 Å². The van der Waals surface area contributed by atoms with Gasteiger partial charge in [0.15, 0.2) is 0 Å². The summed E-state index contributed by atoms with van der Waals surface area (Å²) in [4.78, 5) is 14.0. The van der Waals surface area contributed by atoms with Crippen molar-refractivity contribution in [3.63, 3.8) is 0 Å². The van der Waals surface area contributed by atoms with Crippen molar-refractivity contribution in [3.8, 4) is 5.75 Å². The van der Waals surface area contributed by atoms with E-state index in [-0.39, 0.29) is 11.9 Å². The molecule has 1 aromatic rings. The number of amides is 1. The van der Waals surface area contributed by atoms with Crippen LogP contribution in [0.4, 0.5) is 0 Å². The Balaban J connectivity index is 2.01. The highest BCUT2D eigenvalue weighted by Gasteiger charge is 2.24. The quantitative estimate of drug-likeness (QED) is 0.820. The standard InChI is InChI=1S/C16H22N2O4S/c1-22-15-8-4-3-6-13(15)9-10-16(19)18-11-5-7-14(12-18)17-23(2,20)21/h3-4,6,8-10,14,17H,5,7,11-12H2,1-2H3/b10-9-/t14-/m0/s1. The molecule has 1 N–H and O–H groups in total. The third-order valence-electron chi connectivity index (χ3n) is 3.66. The van der Waals surface area contributed by atoms with E-state index in [1.54, 1.807) is 18.1 Å². The lowest BCUT2D eigenvalue weighted by Gasteiger charge is -2.32. The molecule has 1 amide bonds. The molecule has 0 spiro atoms. The number of rotatable bonds is 5. The topological polar surface area (TPSA) is 75.7 Å². The highest BCUT2D eigenvalue weighted by Crippen LogP contribution is 2.19. The summed E-state index contributed by atoms with van der Waals surface area (Å²) in [5, 5.41) is 0. The molecule has 7 heteroatoms. The maximum Gasteiger partial charge on any atom is 0.246 e. The van der Waals surface area contributed by atoms with Crippen molar-refractivity contribution >= 4 is 22.0 Å². The summed E-state index contributed by atoms with van der Waals surface area (Å²) in [6.07, 6.45) is 5.87. The number of likely N-dealkylation sites (tertiary alicyclic amines) is 1. The molecular weight excluding hydrogens is 316 g/mol. The lowest BCUT2D eigenvalue weighted by Crippen LogP contribution is -2.48. The van der Waals surface area contributed by atoms with Gasteiger partial charge in [-0.2, -0.15) is 0 Å². The van der Waals surface area contributed by atoms with Crippen molar-refractivity contribution in [1.29, 1.82) is 0 Å². The van der Waals surface area contributed by atoms with Gasteiger partial charge in [0.1, 0.15) is 5.75 Å². The molecule has 126 valence electrons. The number of sulfonamides is 1. The minimum absolute atomic E-state index is 0.129. The average molecular weight is 338 g/mol. The molecule has 1 fully saturated rings. The fourth-order valence-electron chi connectivity index (χ4n) is 2.65. The van der Waals surface area contributed by atoms with Crippen LogP contribution in [-0.2, 0) is 14.8 Å². The Bertz CT molecular complexity index is 685. The Hall–Kier alpha value is -1.86. The van der Waals surface area contributed by atoms with E-state index in [1.165, 1.54) is 6.08 Å². The molecule has 0 aromatic heterocycles. The minimum Gasteiger partial charge on any atom is -0.496 e. The number of nitrogens with one attached hydrogen (secondary N) is 1. The van der Waals surface area contributed by atoms with Gasteiger partial charge in [0, 0.05) is 30.8 Å². The third-order valence-corrected chi connectivity index (χ3v) is 4.42. The molecule has 1 aromatic carbocycles. The van der Waals surface area contributed by atoms with Crippen LogP contribution in [0.2, 0.25) is 0 Å². The van der Waals surface area contributed by atoms with Crippen molar-refractivity contribution in [3.05, 3.63) is 35.9 Å². The second-order valence-electron chi connectivity index (χ2n) is 5.59. The number of hydrogen-bond donors (Lipinski definition) is 1. The summed E-state index contributed by atoms with van der Waals surface area (Å²) >= 11 is 0. The predicted octanol–water partition coefficient (Wildman–Crippen LogP) is 1.25. The molecule has 1 atom stereocenters. The fraction of sp³-hybridized carbons (Fsp3) is 0.438. The van der Waals surface area contributed by atoms with Gasteiger partial charge in [-0.25, -0.2) is 13.1 Å². The lowest BCUT2D eigenvalue weighted by molar-refractivity contribution is -0.127. The van der Waals surface area contributed by atoms with E-state index in [0.29, 0.717) is 18.8 Å². The first kappa shape index (κ1) is 17.5. The maximum absolute atomic E-state index is 12.3. The summed E-state index contributed by atoms with van der Waals surface area (Å²) in [5.74, 6) is 0.572. The summed E-state index contributed by atoms with van der Waals surface area (Å²) < 4.78 is 30.4. The molecule has 0 saturated carbocycles. The second-order valence-corrected chi connectivity index (χ2v) is 7.37. The monoisotopic (exact) mass is 338 g/mol. The number of ether oxygens (including phenoxy) is 1. The zero-order valence-electron chi connectivity index (χ0n) is 13.4. The van der Waals surface area contributed by atoms with Crippen molar-refractivity contribution in [2.75, 3.05) is 26.5 Å². The van der Waals surface area contributed by atoms with E-state index in [9.17, 15) is 13.2 Å². The Morgan fingerprint density at radius 2 is 2.13 bits per heavy atom. The van der Waals surface area contributed by atoms with Crippen LogP contribution in [0.3, 0.4) is 0 Å². The Labute approximate surface area is 137 Å². The van der Waals surface area contributed by atoms with Crippen molar-refractivity contribution in [1.82, 2.24) is 9.62 Å². The van der Waals surface area contributed by atoms with Gasteiger partial charge in [-0.05, 0) is 25.0 Å². The molecule has 0 bridgehead atoms. The largest absolute Gasteiger partial charge is 0.496 e. The molecule has 1 aliphatic rings. The summed E-state index contributed by atoms with van der Waals surface area (Å²) in [6, 6.07) is 7.22. The van der Waals surface area contributed by atoms with Crippen molar-refractivity contribution < 1.29 is 17.9 Å². The van der Waals surface area contributed by atoms with Gasteiger partial charge in [-0.1, -0.05) is 18.2 Å². The number of carbonyl (C=O) groups excluding carboxylic acids is 1. The molecule has 1 aliphatic heterocycles. The molecule has 2 rings (SSSR count). The van der Waals surface area contributed by atoms with Gasteiger partial charge in [0.05, 0.1) is 13.4 Å². The molecular formula is C16H22N2O4S. The molecule has 0 aliphatic carbocycles. The molecule has 0 unspecified atom stereocenters. The van der Waals surface area contributed by atoms with Crippen LogP contribution in [0.1, 0.15) is 18.4 Å². The molecule has 1 heterocycles. The Kier molecular flexibility index (Phi) is 5.79. The number of piperidine rings is 1. The smallest absolute Gasteiger partial charge is 0.246 e. The number of carbonyl (C=O) groups is 1. The zero-order valence-corrected chi connectivity index (χ0v) is 14.2. The maximum atomic E-state index is 12.3. The Morgan fingerprint density at radius 3 is 2.83 bits per heavy atom. The average Bonchev–Trinajstić information content (AvgIpc) is 2.51. The van der Waals surface area contributed by atoms with E-state index >= 15 is 0 Å². The SMILES string of the molecule is COc1ccccc1/C=C\C(=O)N1CCC[C@H](NS(C)(=O)=O)C1. The van der Waals surface area contributed by atoms with Gasteiger partial charge >= 0.3 is 0 Å². The molecule has 23 heavy (non-hydrogen) atoms. The fourth-order valence-corrected chi connectivity index (χ4v) is 3.44. The molecule has 6 nitrogen and oxygen atoms in total. The number of hydrogen-bond acceptors (Lipinski definition) is 4. The zero-order chi connectivity index (χ0) is 16.9. The van der Waals surface area contributed by atoms with E-state index < -0.39 is 10.0 Å². The number of methoxy groups -OCH3 is 1. The first-order valence-corrected chi connectivity index (χ1v) is 9.35.